The van der Waals surface area contributed by atoms with Crippen LogP contribution in [-0.2, 0) is 0 Å². The first-order valence-electron chi connectivity index (χ1n) is 20.3. The van der Waals surface area contributed by atoms with E-state index in [2.05, 4.69) is 241 Å². The molecule has 1 heteroatoms. The molecule has 0 fully saturated rings. The van der Waals surface area contributed by atoms with Crippen molar-refractivity contribution in [2.24, 2.45) is 0 Å². The van der Waals surface area contributed by atoms with Gasteiger partial charge < -0.3 is 4.90 Å². The van der Waals surface area contributed by atoms with Crippen LogP contribution in [0.1, 0.15) is 0 Å². The van der Waals surface area contributed by atoms with Crippen LogP contribution >= 0.6 is 0 Å². The molecule has 0 aliphatic rings. The molecule has 1 nitrogen and oxygen atoms in total. The summed E-state index contributed by atoms with van der Waals surface area (Å²) in [5.74, 6) is 0. The van der Waals surface area contributed by atoms with Gasteiger partial charge in [-0.25, -0.2) is 0 Å². The van der Waals surface area contributed by atoms with Crippen molar-refractivity contribution in [2.75, 3.05) is 4.90 Å². The molecule has 0 atom stereocenters. The summed E-state index contributed by atoms with van der Waals surface area (Å²) in [7, 11) is 0. The minimum absolute atomic E-state index is 1.10. The molecule has 0 N–H and O–H groups in total. The molecule has 0 spiro atoms. The molecule has 11 aromatic carbocycles. The molecule has 0 saturated carbocycles. The van der Waals surface area contributed by atoms with Crippen molar-refractivity contribution in [2.45, 2.75) is 0 Å². The largest absolute Gasteiger partial charge is 0.311 e. The molecule has 276 valence electrons. The van der Waals surface area contributed by atoms with E-state index in [1.807, 2.05) is 0 Å². The average Bonchev–Trinajstić information content (AvgIpc) is 3.32. The fraction of sp³-hybridized carbons (Fsp3) is 0. The Kier molecular flexibility index (Phi) is 8.56. The van der Waals surface area contributed by atoms with Crippen molar-refractivity contribution in [1.29, 1.82) is 0 Å². The van der Waals surface area contributed by atoms with Gasteiger partial charge in [-0.3, -0.25) is 0 Å². The molecule has 0 unspecified atom stereocenters. The topological polar surface area (TPSA) is 3.24 Å². The van der Waals surface area contributed by atoms with Crippen molar-refractivity contribution in [1.82, 2.24) is 0 Å². The van der Waals surface area contributed by atoms with Crippen LogP contribution in [-0.4, -0.2) is 0 Å². The fourth-order valence-electron chi connectivity index (χ4n) is 9.01. The molecular weight excluding hydrogens is 711 g/mol. The van der Waals surface area contributed by atoms with Crippen LogP contribution in [0, 0.1) is 0 Å². The van der Waals surface area contributed by atoms with Gasteiger partial charge in [-0.1, -0.05) is 188 Å². The van der Waals surface area contributed by atoms with Crippen LogP contribution in [0.5, 0.6) is 0 Å². The van der Waals surface area contributed by atoms with Crippen LogP contribution in [0.3, 0.4) is 0 Å². The van der Waals surface area contributed by atoms with Gasteiger partial charge in [0.15, 0.2) is 0 Å². The average molecular weight is 750 g/mol. The Hall–Kier alpha value is -7.74. The van der Waals surface area contributed by atoms with Gasteiger partial charge in [0.05, 0.1) is 0 Å². The minimum atomic E-state index is 1.10. The fourth-order valence-corrected chi connectivity index (χ4v) is 9.01. The molecule has 0 aliphatic heterocycles. The van der Waals surface area contributed by atoms with Crippen LogP contribution in [0.25, 0.3) is 87.6 Å². The summed E-state index contributed by atoms with van der Waals surface area (Å²) in [6.07, 6.45) is 0. The predicted octanol–water partition coefficient (Wildman–Crippen LogP) is 16.4. The molecule has 59 heavy (non-hydrogen) atoms. The third kappa shape index (κ3) is 6.21. The zero-order chi connectivity index (χ0) is 39.1. The second-order valence-electron chi connectivity index (χ2n) is 15.3. The third-order valence-corrected chi connectivity index (χ3v) is 11.9. The first-order valence-corrected chi connectivity index (χ1v) is 20.3. The molecular formula is C58H39N. The van der Waals surface area contributed by atoms with E-state index in [9.17, 15) is 0 Å². The zero-order valence-electron chi connectivity index (χ0n) is 32.5. The molecule has 0 aromatic heterocycles. The summed E-state index contributed by atoms with van der Waals surface area (Å²) in [6, 6.07) is 86.1. The van der Waals surface area contributed by atoms with Gasteiger partial charge in [0, 0.05) is 17.1 Å². The van der Waals surface area contributed by atoms with Crippen molar-refractivity contribution in [3.63, 3.8) is 0 Å². The van der Waals surface area contributed by atoms with Crippen LogP contribution in [0.2, 0.25) is 0 Å². The summed E-state index contributed by atoms with van der Waals surface area (Å²) in [5, 5.41) is 10.1. The molecule has 0 saturated heterocycles. The minimum Gasteiger partial charge on any atom is -0.311 e. The standard InChI is InChI=1S/C58H39N/c1-2-14-40(15-3-1)49-18-8-9-19-50(49)41-26-32-46(33-27-41)59(47-34-28-42(29-35-47)57-38-44-16-4-6-20-51(44)53-22-10-12-24-55(53)57)48-36-30-43(31-37-48)58-39-45-17-5-7-21-52(45)54-23-11-13-25-56(54)58/h1-39H. The van der Waals surface area contributed by atoms with Gasteiger partial charge in [0.1, 0.15) is 0 Å². The highest BCUT2D eigenvalue weighted by Gasteiger charge is 2.17. The number of nitrogens with zero attached hydrogens (tertiary/aromatic N) is 1. The van der Waals surface area contributed by atoms with E-state index in [0.717, 1.165) is 17.1 Å². The molecule has 0 radical (unpaired) electrons. The molecule has 0 aliphatic carbocycles. The van der Waals surface area contributed by atoms with E-state index in [1.165, 1.54) is 87.6 Å². The summed E-state index contributed by atoms with van der Waals surface area (Å²) >= 11 is 0. The maximum absolute atomic E-state index is 2.37. The van der Waals surface area contributed by atoms with E-state index >= 15 is 0 Å². The monoisotopic (exact) mass is 749 g/mol. The van der Waals surface area contributed by atoms with Crippen LogP contribution in [0.15, 0.2) is 237 Å². The second kappa shape index (κ2) is 14.6. The Morgan fingerprint density at radius 2 is 0.508 bits per heavy atom. The number of hydrogen-bond acceptors (Lipinski definition) is 1. The van der Waals surface area contributed by atoms with Gasteiger partial charge in [-0.05, 0) is 136 Å². The summed E-state index contributed by atoms with van der Waals surface area (Å²) in [6.45, 7) is 0. The first-order chi connectivity index (χ1) is 29.3. The number of anilines is 3. The van der Waals surface area contributed by atoms with Crippen molar-refractivity contribution in [3.05, 3.63) is 237 Å². The van der Waals surface area contributed by atoms with Crippen LogP contribution < -0.4 is 4.90 Å². The number of benzene rings is 11. The third-order valence-electron chi connectivity index (χ3n) is 11.9. The lowest BCUT2D eigenvalue weighted by Gasteiger charge is -2.26. The normalized spacial score (nSPS) is 11.4. The molecule has 0 amide bonds. The van der Waals surface area contributed by atoms with E-state index in [1.54, 1.807) is 0 Å². The summed E-state index contributed by atoms with van der Waals surface area (Å²) in [4.78, 5) is 2.37. The second-order valence-corrected chi connectivity index (χ2v) is 15.3. The SMILES string of the molecule is c1ccc(-c2ccccc2-c2ccc(N(c3ccc(-c4cc5ccccc5c5ccccc45)cc3)c3ccc(-c4cc5ccccc5c5ccccc45)cc3)cc2)cc1. The summed E-state index contributed by atoms with van der Waals surface area (Å²) in [5.41, 5.74) is 13.0. The van der Waals surface area contributed by atoms with E-state index in [-0.39, 0.29) is 0 Å². The van der Waals surface area contributed by atoms with Gasteiger partial charge in [0.2, 0.25) is 0 Å². The Morgan fingerprint density at radius 3 is 0.932 bits per heavy atom. The number of hydrogen-bond donors (Lipinski definition) is 0. The molecule has 11 rings (SSSR count). The molecule has 0 bridgehead atoms. The lowest BCUT2D eigenvalue weighted by Crippen LogP contribution is -2.09. The van der Waals surface area contributed by atoms with Gasteiger partial charge in [-0.15, -0.1) is 0 Å². The van der Waals surface area contributed by atoms with Gasteiger partial charge in [-0.2, -0.15) is 0 Å². The van der Waals surface area contributed by atoms with E-state index < -0.39 is 0 Å². The Bertz CT molecular complexity index is 3130. The zero-order valence-corrected chi connectivity index (χ0v) is 32.5. The van der Waals surface area contributed by atoms with E-state index in [0.29, 0.717) is 0 Å². The van der Waals surface area contributed by atoms with Crippen molar-refractivity contribution >= 4 is 60.2 Å². The van der Waals surface area contributed by atoms with E-state index in [4.69, 9.17) is 0 Å². The maximum atomic E-state index is 2.37. The Labute approximate surface area is 344 Å². The highest BCUT2D eigenvalue weighted by Crippen LogP contribution is 2.42. The summed E-state index contributed by atoms with van der Waals surface area (Å²) < 4.78 is 0. The highest BCUT2D eigenvalue weighted by atomic mass is 15.1. The van der Waals surface area contributed by atoms with Crippen molar-refractivity contribution < 1.29 is 0 Å². The lowest BCUT2D eigenvalue weighted by molar-refractivity contribution is 1.28. The molecule has 11 aromatic rings. The highest BCUT2D eigenvalue weighted by molar-refractivity contribution is 6.15. The number of rotatable bonds is 7. The first kappa shape index (κ1) is 34.5. The quantitative estimate of drug-likeness (QED) is 0.147. The smallest absolute Gasteiger partial charge is 0.0462 e. The Morgan fingerprint density at radius 1 is 0.203 bits per heavy atom. The maximum Gasteiger partial charge on any atom is 0.0462 e. The Balaban J connectivity index is 1.02. The van der Waals surface area contributed by atoms with Gasteiger partial charge in [0.25, 0.3) is 0 Å². The lowest BCUT2D eigenvalue weighted by atomic mass is 9.93. The molecule has 0 heterocycles. The van der Waals surface area contributed by atoms with Crippen LogP contribution in [0.4, 0.5) is 17.1 Å². The predicted molar refractivity (Wildman–Crippen MR) is 253 cm³/mol. The number of fused-ring (bicyclic) bond motifs is 6. The van der Waals surface area contributed by atoms with Crippen molar-refractivity contribution in [3.8, 4) is 44.5 Å². The van der Waals surface area contributed by atoms with Gasteiger partial charge >= 0.3 is 0 Å².